The van der Waals surface area contributed by atoms with Gasteiger partial charge in [0.05, 0.1) is 5.75 Å². The minimum atomic E-state index is -2.93. The van der Waals surface area contributed by atoms with E-state index in [0.29, 0.717) is 6.54 Å². The average molecular weight is 275 g/mol. The van der Waals surface area contributed by atoms with Gasteiger partial charge in [-0.15, -0.1) is 0 Å². The van der Waals surface area contributed by atoms with Crippen LogP contribution >= 0.6 is 0 Å². The molecule has 1 rings (SSSR count). The maximum Gasteiger partial charge on any atom is 0.194 e. The molecule has 1 heterocycles. The molecule has 5 nitrogen and oxygen atoms in total. The van der Waals surface area contributed by atoms with Crippen LogP contribution in [0.2, 0.25) is 0 Å². The minimum Gasteiger partial charge on any atom is -0.355 e. The molecule has 18 heavy (non-hydrogen) atoms. The molecule has 0 aliphatic carbocycles. The number of hydrogen-bond donors (Lipinski definition) is 1. The molecule has 1 N–H and O–H groups in total. The first-order valence-electron chi connectivity index (χ1n) is 6.17. The van der Waals surface area contributed by atoms with E-state index in [4.69, 9.17) is 0 Å². The molecule has 1 aliphatic rings. The number of nitrogens with zero attached hydrogens (tertiary/aromatic N) is 2. The van der Waals surface area contributed by atoms with Gasteiger partial charge in [-0.25, -0.2) is 8.42 Å². The summed E-state index contributed by atoms with van der Waals surface area (Å²) in [5, 5.41) is 3.12. The molecule has 1 fully saturated rings. The van der Waals surface area contributed by atoms with E-state index in [1.165, 1.54) is 6.26 Å². The van der Waals surface area contributed by atoms with Gasteiger partial charge >= 0.3 is 0 Å². The third kappa shape index (κ3) is 2.96. The highest BCUT2D eigenvalue weighted by molar-refractivity contribution is 7.90. The highest BCUT2D eigenvalue weighted by Crippen LogP contribution is 2.46. The van der Waals surface area contributed by atoms with Crippen LogP contribution in [0.1, 0.15) is 27.7 Å². The molecule has 0 saturated carbocycles. The van der Waals surface area contributed by atoms with Crippen LogP contribution < -0.4 is 5.32 Å². The predicted molar refractivity (Wildman–Crippen MR) is 75.6 cm³/mol. The lowest BCUT2D eigenvalue weighted by Gasteiger charge is -2.62. The number of sulfone groups is 1. The second-order valence-electron chi connectivity index (χ2n) is 6.13. The van der Waals surface area contributed by atoms with Crippen LogP contribution in [0.4, 0.5) is 0 Å². The molecule has 0 spiro atoms. The Labute approximate surface area is 111 Å². The molecular formula is C12H25N3O2S. The second-order valence-corrected chi connectivity index (χ2v) is 8.39. The fourth-order valence-corrected chi connectivity index (χ4v) is 2.52. The summed E-state index contributed by atoms with van der Waals surface area (Å²) in [4.78, 5) is 6.42. The summed E-state index contributed by atoms with van der Waals surface area (Å²) in [7, 11) is -1.20. The molecule has 0 amide bonds. The lowest BCUT2D eigenvalue weighted by Crippen LogP contribution is -2.72. The maximum atomic E-state index is 11.1. The zero-order chi connectivity index (χ0) is 14.2. The van der Waals surface area contributed by atoms with Gasteiger partial charge in [-0.2, -0.15) is 0 Å². The van der Waals surface area contributed by atoms with E-state index < -0.39 is 9.84 Å². The first-order chi connectivity index (χ1) is 8.01. The van der Waals surface area contributed by atoms with Crippen molar-refractivity contribution in [1.29, 1.82) is 0 Å². The fourth-order valence-electron chi connectivity index (χ4n) is 2.04. The summed E-state index contributed by atoms with van der Waals surface area (Å²) in [5.41, 5.74) is 0.265. The van der Waals surface area contributed by atoms with Gasteiger partial charge in [0, 0.05) is 37.3 Å². The smallest absolute Gasteiger partial charge is 0.194 e. The van der Waals surface area contributed by atoms with E-state index in [1.807, 2.05) is 0 Å². The average Bonchev–Trinajstić information content (AvgIpc) is 2.20. The Kier molecular flexibility index (Phi) is 4.00. The number of guanidine groups is 1. The van der Waals surface area contributed by atoms with Crippen molar-refractivity contribution < 1.29 is 8.42 Å². The Hall–Kier alpha value is -0.780. The van der Waals surface area contributed by atoms with Crippen LogP contribution in [0.3, 0.4) is 0 Å². The van der Waals surface area contributed by atoms with Crippen molar-refractivity contribution in [2.75, 3.05) is 32.1 Å². The third-order valence-corrected chi connectivity index (χ3v) is 5.05. The van der Waals surface area contributed by atoms with Crippen molar-refractivity contribution in [2.24, 2.45) is 10.4 Å². The van der Waals surface area contributed by atoms with Crippen molar-refractivity contribution in [3.05, 3.63) is 0 Å². The zero-order valence-electron chi connectivity index (χ0n) is 12.2. The summed E-state index contributed by atoms with van der Waals surface area (Å²) >= 11 is 0. The van der Waals surface area contributed by atoms with Gasteiger partial charge in [0.25, 0.3) is 0 Å². The Balaban J connectivity index is 2.61. The molecule has 106 valence electrons. The van der Waals surface area contributed by atoms with Crippen molar-refractivity contribution in [1.82, 2.24) is 10.2 Å². The summed E-state index contributed by atoms with van der Waals surface area (Å²) in [6.45, 7) is 10.2. The summed E-state index contributed by atoms with van der Waals surface area (Å²) in [6.07, 6.45) is 1.24. The molecule has 0 bridgehead atoms. The SMILES string of the molecule is CN=C(NCCS(C)(=O)=O)N1CC(C)(C)C1(C)C. The van der Waals surface area contributed by atoms with E-state index >= 15 is 0 Å². The van der Waals surface area contributed by atoms with Gasteiger partial charge in [0.15, 0.2) is 5.96 Å². The molecular weight excluding hydrogens is 250 g/mol. The molecule has 0 unspecified atom stereocenters. The van der Waals surface area contributed by atoms with Crippen molar-refractivity contribution in [2.45, 2.75) is 33.2 Å². The van der Waals surface area contributed by atoms with Crippen LogP contribution in [0, 0.1) is 5.41 Å². The van der Waals surface area contributed by atoms with E-state index in [9.17, 15) is 8.42 Å². The zero-order valence-corrected chi connectivity index (χ0v) is 13.1. The molecule has 0 aromatic rings. The third-order valence-electron chi connectivity index (χ3n) is 4.11. The molecule has 0 aromatic heterocycles. The highest BCUT2D eigenvalue weighted by atomic mass is 32.2. The first kappa shape index (κ1) is 15.3. The second kappa shape index (κ2) is 4.72. The molecule has 0 aromatic carbocycles. The number of likely N-dealkylation sites (tertiary alicyclic amines) is 1. The lowest BCUT2D eigenvalue weighted by molar-refractivity contribution is -0.0666. The molecule has 0 atom stereocenters. The first-order valence-corrected chi connectivity index (χ1v) is 8.23. The van der Waals surface area contributed by atoms with Crippen LogP contribution in [0.25, 0.3) is 0 Å². The van der Waals surface area contributed by atoms with Crippen LogP contribution in [-0.4, -0.2) is 57.0 Å². The molecule has 1 aliphatic heterocycles. The van der Waals surface area contributed by atoms with Crippen LogP contribution in [0.15, 0.2) is 4.99 Å². The summed E-state index contributed by atoms with van der Waals surface area (Å²) in [6, 6.07) is 0. The van der Waals surface area contributed by atoms with Crippen LogP contribution in [-0.2, 0) is 9.84 Å². The Morgan fingerprint density at radius 1 is 1.33 bits per heavy atom. The largest absolute Gasteiger partial charge is 0.355 e. The lowest BCUT2D eigenvalue weighted by atomic mass is 9.65. The molecule has 1 saturated heterocycles. The van der Waals surface area contributed by atoms with Gasteiger partial charge in [0.2, 0.25) is 0 Å². The minimum absolute atomic E-state index is 0.0277. The van der Waals surface area contributed by atoms with Crippen molar-refractivity contribution >= 4 is 15.8 Å². The maximum absolute atomic E-state index is 11.1. The van der Waals surface area contributed by atoms with E-state index in [1.54, 1.807) is 7.05 Å². The fraction of sp³-hybridized carbons (Fsp3) is 0.917. The number of aliphatic imine (C=N–C) groups is 1. The predicted octanol–water partition coefficient (Wildman–Crippen LogP) is 0.727. The van der Waals surface area contributed by atoms with Gasteiger partial charge in [-0.05, 0) is 13.8 Å². The Morgan fingerprint density at radius 2 is 1.89 bits per heavy atom. The molecule has 0 radical (unpaired) electrons. The normalized spacial score (nSPS) is 22.6. The monoisotopic (exact) mass is 275 g/mol. The number of hydrogen-bond acceptors (Lipinski definition) is 3. The van der Waals surface area contributed by atoms with Crippen LogP contribution in [0.5, 0.6) is 0 Å². The van der Waals surface area contributed by atoms with Gasteiger partial charge in [-0.3, -0.25) is 4.99 Å². The van der Waals surface area contributed by atoms with Crippen molar-refractivity contribution in [3.8, 4) is 0 Å². The van der Waals surface area contributed by atoms with Gasteiger partial charge in [0.1, 0.15) is 9.84 Å². The quantitative estimate of drug-likeness (QED) is 0.609. The Bertz CT molecular complexity index is 438. The number of rotatable bonds is 3. The van der Waals surface area contributed by atoms with E-state index in [2.05, 4.69) is 42.9 Å². The standard InChI is InChI=1S/C12H25N3O2S/c1-11(2)9-15(12(11,3)4)10(13-5)14-7-8-18(6,16)17/h7-9H2,1-6H3,(H,13,14). The Morgan fingerprint density at radius 3 is 2.22 bits per heavy atom. The van der Waals surface area contributed by atoms with E-state index in [0.717, 1.165) is 12.5 Å². The topological polar surface area (TPSA) is 61.8 Å². The van der Waals surface area contributed by atoms with Gasteiger partial charge in [-0.1, -0.05) is 13.8 Å². The van der Waals surface area contributed by atoms with Crippen molar-refractivity contribution in [3.63, 3.8) is 0 Å². The van der Waals surface area contributed by atoms with E-state index in [-0.39, 0.29) is 16.7 Å². The molecule has 6 heteroatoms. The highest BCUT2D eigenvalue weighted by Gasteiger charge is 2.53. The summed E-state index contributed by atoms with van der Waals surface area (Å²) in [5.74, 6) is 0.909. The van der Waals surface area contributed by atoms with Gasteiger partial charge < -0.3 is 10.2 Å². The summed E-state index contributed by atoms with van der Waals surface area (Å²) < 4.78 is 22.2. The number of nitrogens with one attached hydrogen (secondary N) is 1.